The van der Waals surface area contributed by atoms with Crippen LogP contribution in [-0.4, -0.2) is 27.6 Å². The molecule has 0 radical (unpaired) electrons. The molecule has 0 fully saturated rings. The second-order valence-corrected chi connectivity index (χ2v) is 5.91. The Morgan fingerprint density at radius 3 is 2.70 bits per heavy atom. The molecule has 104 valence electrons. The largest absolute Gasteiger partial charge is 0.507 e. The molecular weight excluding hydrogens is 301 g/mol. The van der Waals surface area contributed by atoms with Crippen molar-refractivity contribution in [2.24, 2.45) is 0 Å². The van der Waals surface area contributed by atoms with Crippen LogP contribution in [-0.2, 0) is 0 Å². The normalized spacial score (nSPS) is 17.2. The number of hydrogen-bond donors (Lipinski definition) is 3. The maximum absolute atomic E-state index is 11.1. The van der Waals surface area contributed by atoms with Gasteiger partial charge in [0.15, 0.2) is 0 Å². The lowest BCUT2D eigenvalue weighted by Gasteiger charge is -2.14. The molecule has 20 heavy (non-hydrogen) atoms. The molecule has 1 atom stereocenters. The Hall–Kier alpha value is -1.65. The van der Waals surface area contributed by atoms with Gasteiger partial charge in [-0.2, -0.15) is 0 Å². The second kappa shape index (κ2) is 4.72. The maximum Gasteiger partial charge on any atom is 0.335 e. The number of phenols is 1. The number of carboxylic acids is 1. The van der Waals surface area contributed by atoms with E-state index in [1.54, 1.807) is 18.2 Å². The number of aromatic hydroxyl groups is 1. The van der Waals surface area contributed by atoms with Gasteiger partial charge >= 0.3 is 5.97 Å². The fraction of sp³-hybridized carbons (Fsp3) is 0.214. The lowest BCUT2D eigenvalue weighted by Crippen LogP contribution is -2.09. The first-order valence-electron chi connectivity index (χ1n) is 6.04. The molecular formula is C14H11Cl2NO3. The van der Waals surface area contributed by atoms with Gasteiger partial charge in [-0.05, 0) is 29.1 Å². The summed E-state index contributed by atoms with van der Waals surface area (Å²) in [5.41, 5.74) is 1.77. The fourth-order valence-electron chi connectivity index (χ4n) is 2.64. The Bertz CT molecular complexity index is 715. The van der Waals surface area contributed by atoms with E-state index in [4.69, 9.17) is 28.3 Å². The SMILES string of the molecule is O=C(O)c1ccc2c(O)cc3c(c2c1)C(C(Cl)Cl)CN3. The molecule has 3 rings (SSSR count). The van der Waals surface area contributed by atoms with E-state index < -0.39 is 10.8 Å². The van der Waals surface area contributed by atoms with Crippen LogP contribution in [0.3, 0.4) is 0 Å². The van der Waals surface area contributed by atoms with Gasteiger partial charge in [0.25, 0.3) is 0 Å². The molecule has 0 saturated heterocycles. The minimum absolute atomic E-state index is 0.101. The van der Waals surface area contributed by atoms with Gasteiger partial charge in [0, 0.05) is 29.6 Å². The molecule has 0 saturated carbocycles. The smallest absolute Gasteiger partial charge is 0.335 e. The summed E-state index contributed by atoms with van der Waals surface area (Å²) in [6.45, 7) is 0.558. The molecule has 1 aliphatic heterocycles. The van der Waals surface area contributed by atoms with Gasteiger partial charge in [-0.3, -0.25) is 0 Å². The van der Waals surface area contributed by atoms with E-state index in [-0.39, 0.29) is 17.2 Å². The molecule has 0 aliphatic carbocycles. The summed E-state index contributed by atoms with van der Waals surface area (Å²) in [5.74, 6) is -1.05. The number of anilines is 1. The van der Waals surface area contributed by atoms with Crippen molar-refractivity contribution in [1.82, 2.24) is 0 Å². The number of carboxylic acid groups (broad SMARTS) is 1. The predicted octanol–water partition coefficient (Wildman–Crippen LogP) is 3.56. The number of alkyl halides is 2. The second-order valence-electron chi connectivity index (χ2n) is 4.74. The summed E-state index contributed by atoms with van der Waals surface area (Å²) in [5, 5.41) is 23.5. The minimum atomic E-state index is -1.01. The van der Waals surface area contributed by atoms with Crippen LogP contribution < -0.4 is 5.32 Å². The quantitative estimate of drug-likeness (QED) is 0.742. The zero-order chi connectivity index (χ0) is 14.4. The number of carbonyl (C=O) groups is 1. The number of hydrogen-bond acceptors (Lipinski definition) is 3. The molecule has 2 aromatic rings. The van der Waals surface area contributed by atoms with Crippen molar-refractivity contribution in [3.05, 3.63) is 35.4 Å². The van der Waals surface area contributed by atoms with Crippen molar-refractivity contribution >= 4 is 45.6 Å². The third kappa shape index (κ3) is 1.96. The number of fused-ring (bicyclic) bond motifs is 3. The van der Waals surface area contributed by atoms with Crippen molar-refractivity contribution in [1.29, 1.82) is 0 Å². The topological polar surface area (TPSA) is 69.6 Å². The molecule has 2 aromatic carbocycles. The van der Waals surface area contributed by atoms with E-state index >= 15 is 0 Å². The lowest BCUT2D eigenvalue weighted by molar-refractivity contribution is 0.0697. The van der Waals surface area contributed by atoms with Crippen LogP contribution in [0.15, 0.2) is 24.3 Å². The first-order valence-corrected chi connectivity index (χ1v) is 6.91. The summed E-state index contributed by atoms with van der Waals surface area (Å²) in [4.78, 5) is 10.5. The van der Waals surface area contributed by atoms with E-state index in [1.807, 2.05) is 0 Å². The average Bonchev–Trinajstić information content (AvgIpc) is 2.82. The van der Waals surface area contributed by atoms with E-state index in [1.165, 1.54) is 6.07 Å². The minimum Gasteiger partial charge on any atom is -0.507 e. The van der Waals surface area contributed by atoms with Gasteiger partial charge < -0.3 is 15.5 Å². The highest BCUT2D eigenvalue weighted by Crippen LogP contribution is 2.44. The fourth-order valence-corrected chi connectivity index (χ4v) is 3.07. The highest BCUT2D eigenvalue weighted by molar-refractivity contribution is 6.45. The van der Waals surface area contributed by atoms with Crippen LogP contribution in [0.25, 0.3) is 10.8 Å². The number of benzene rings is 2. The van der Waals surface area contributed by atoms with Crippen LogP contribution >= 0.6 is 23.2 Å². The number of rotatable bonds is 2. The molecule has 0 amide bonds. The van der Waals surface area contributed by atoms with E-state index in [0.717, 1.165) is 11.3 Å². The molecule has 0 aromatic heterocycles. The van der Waals surface area contributed by atoms with Crippen molar-refractivity contribution in [3.8, 4) is 5.75 Å². The van der Waals surface area contributed by atoms with Gasteiger partial charge in [0.2, 0.25) is 0 Å². The summed E-state index contributed by atoms with van der Waals surface area (Å²) in [6.07, 6.45) is 0. The Kier molecular flexibility index (Phi) is 3.15. The third-order valence-corrected chi connectivity index (χ3v) is 4.20. The summed E-state index contributed by atoms with van der Waals surface area (Å²) in [7, 11) is 0. The first-order chi connectivity index (χ1) is 9.49. The highest BCUT2D eigenvalue weighted by Gasteiger charge is 2.30. The molecule has 1 heterocycles. The summed E-state index contributed by atoms with van der Waals surface area (Å²) < 4.78 is 0. The van der Waals surface area contributed by atoms with Crippen molar-refractivity contribution < 1.29 is 15.0 Å². The third-order valence-electron chi connectivity index (χ3n) is 3.59. The van der Waals surface area contributed by atoms with Crippen LogP contribution in [0.1, 0.15) is 21.8 Å². The van der Waals surface area contributed by atoms with E-state index in [9.17, 15) is 9.90 Å². The Labute approximate surface area is 124 Å². The van der Waals surface area contributed by atoms with Crippen molar-refractivity contribution in [2.75, 3.05) is 11.9 Å². The van der Waals surface area contributed by atoms with Crippen LogP contribution in [0.5, 0.6) is 5.75 Å². The zero-order valence-electron chi connectivity index (χ0n) is 10.2. The molecule has 0 spiro atoms. The Balaban J connectivity index is 2.33. The van der Waals surface area contributed by atoms with Gasteiger partial charge in [-0.15, -0.1) is 23.2 Å². The van der Waals surface area contributed by atoms with Gasteiger partial charge in [0.05, 0.1) is 5.56 Å². The van der Waals surface area contributed by atoms with E-state index in [2.05, 4.69) is 5.32 Å². The molecule has 4 nitrogen and oxygen atoms in total. The molecule has 1 unspecified atom stereocenters. The van der Waals surface area contributed by atoms with Gasteiger partial charge in [0.1, 0.15) is 10.6 Å². The van der Waals surface area contributed by atoms with E-state index in [0.29, 0.717) is 17.3 Å². The van der Waals surface area contributed by atoms with Gasteiger partial charge in [-0.1, -0.05) is 0 Å². The predicted molar refractivity (Wildman–Crippen MR) is 79.3 cm³/mol. The standard InChI is InChI=1S/C14H11Cl2NO3/c15-13(16)9-5-17-10-4-11(18)7-2-1-6(14(19)20)3-8(7)12(9)10/h1-4,9,13,17-18H,5H2,(H,19,20). The first kappa shape index (κ1) is 13.3. The number of nitrogens with one attached hydrogen (secondary N) is 1. The number of aromatic carboxylic acids is 1. The number of phenolic OH excluding ortho intramolecular Hbond substituents is 1. The van der Waals surface area contributed by atoms with Crippen LogP contribution in [0.2, 0.25) is 0 Å². The Morgan fingerprint density at radius 1 is 1.30 bits per heavy atom. The molecule has 3 N–H and O–H groups in total. The van der Waals surface area contributed by atoms with Gasteiger partial charge in [-0.25, -0.2) is 4.79 Å². The summed E-state index contributed by atoms with van der Waals surface area (Å²) in [6, 6.07) is 6.23. The summed E-state index contributed by atoms with van der Waals surface area (Å²) >= 11 is 12.0. The Morgan fingerprint density at radius 2 is 2.05 bits per heavy atom. The number of halogens is 2. The average molecular weight is 312 g/mol. The molecule has 6 heteroatoms. The van der Waals surface area contributed by atoms with Crippen molar-refractivity contribution in [3.63, 3.8) is 0 Å². The zero-order valence-corrected chi connectivity index (χ0v) is 11.7. The molecule has 1 aliphatic rings. The van der Waals surface area contributed by atoms with Crippen molar-refractivity contribution in [2.45, 2.75) is 10.8 Å². The molecule has 0 bridgehead atoms. The van der Waals surface area contributed by atoms with Crippen LogP contribution in [0.4, 0.5) is 5.69 Å². The maximum atomic E-state index is 11.1. The highest BCUT2D eigenvalue weighted by atomic mass is 35.5. The monoisotopic (exact) mass is 311 g/mol. The van der Waals surface area contributed by atoms with Crippen LogP contribution in [0, 0.1) is 0 Å². The lowest BCUT2D eigenvalue weighted by atomic mass is 9.94.